The Hall–Kier alpha value is -0.240. The molecule has 0 amide bonds. The Bertz CT molecular complexity index is 38.8. The van der Waals surface area contributed by atoms with Crippen LogP contribution in [0.25, 0.3) is 0 Å². The molecule has 0 saturated carbocycles. The normalized spacial score (nSPS) is 5.00. The van der Waals surface area contributed by atoms with Gasteiger partial charge in [0.25, 0.3) is 0 Å². The SMILES string of the molecule is C=C.CC(=O)S. The molecule has 0 aliphatic heterocycles. The molecule has 2 heteroatoms. The fourth-order valence-electron chi connectivity index (χ4n) is 0. The largest absolute Gasteiger partial charge is 0.288 e. The molecule has 0 spiro atoms. The molecular formula is C4H8OS. The smallest absolute Gasteiger partial charge is 0.182 e. The molecule has 0 radical (unpaired) electrons. The number of carbonyl (C=O) groups is 1. The highest BCUT2D eigenvalue weighted by Gasteiger charge is 1.63. The minimum atomic E-state index is -0.139. The molecule has 6 heavy (non-hydrogen) atoms. The molecule has 0 rings (SSSR count). The van der Waals surface area contributed by atoms with E-state index in [-0.39, 0.29) is 5.12 Å². The van der Waals surface area contributed by atoms with Crippen molar-refractivity contribution in [2.24, 2.45) is 0 Å². The van der Waals surface area contributed by atoms with Crippen molar-refractivity contribution in [3.8, 4) is 0 Å². The van der Waals surface area contributed by atoms with Crippen molar-refractivity contribution in [1.29, 1.82) is 0 Å². The predicted molar refractivity (Wildman–Crippen MR) is 30.9 cm³/mol. The van der Waals surface area contributed by atoms with Crippen molar-refractivity contribution >= 4 is 17.7 Å². The Morgan fingerprint density at radius 2 is 1.67 bits per heavy atom. The van der Waals surface area contributed by atoms with Crippen molar-refractivity contribution in [3.05, 3.63) is 13.2 Å². The maximum Gasteiger partial charge on any atom is 0.182 e. The van der Waals surface area contributed by atoms with Crippen molar-refractivity contribution in [2.45, 2.75) is 6.92 Å². The van der Waals surface area contributed by atoms with Crippen LogP contribution >= 0.6 is 12.6 Å². The summed E-state index contributed by atoms with van der Waals surface area (Å²) >= 11 is 3.33. The molecule has 0 N–H and O–H groups in total. The van der Waals surface area contributed by atoms with E-state index >= 15 is 0 Å². The zero-order chi connectivity index (χ0) is 5.58. The second kappa shape index (κ2) is 8.83. The fraction of sp³-hybridized carbons (Fsp3) is 0.250. The van der Waals surface area contributed by atoms with Gasteiger partial charge in [-0.3, -0.25) is 4.79 Å². The summed E-state index contributed by atoms with van der Waals surface area (Å²) in [5.74, 6) is 0. The summed E-state index contributed by atoms with van der Waals surface area (Å²) in [6, 6.07) is 0. The van der Waals surface area contributed by atoms with Crippen LogP contribution in [-0.2, 0) is 4.79 Å². The molecule has 0 bridgehead atoms. The molecule has 1 nitrogen and oxygen atoms in total. The van der Waals surface area contributed by atoms with Crippen LogP contribution in [0.5, 0.6) is 0 Å². The molecule has 0 saturated heterocycles. The highest BCUT2D eigenvalue weighted by molar-refractivity contribution is 7.96. The molecule has 0 heterocycles. The summed E-state index contributed by atoms with van der Waals surface area (Å²) in [7, 11) is 0. The molecule has 0 fully saturated rings. The third-order valence-electron chi connectivity index (χ3n) is 0. The van der Waals surface area contributed by atoms with Crippen LogP contribution in [0.2, 0.25) is 0 Å². The van der Waals surface area contributed by atoms with Crippen LogP contribution in [0.3, 0.4) is 0 Å². The zero-order valence-corrected chi connectivity index (χ0v) is 4.66. The van der Waals surface area contributed by atoms with Gasteiger partial charge in [-0.15, -0.1) is 25.8 Å². The van der Waals surface area contributed by atoms with E-state index in [1.165, 1.54) is 6.92 Å². The summed E-state index contributed by atoms with van der Waals surface area (Å²) in [4.78, 5) is 9.31. The van der Waals surface area contributed by atoms with E-state index in [0.29, 0.717) is 0 Å². The molecule has 0 aliphatic rings. The summed E-state index contributed by atoms with van der Waals surface area (Å²) in [5, 5.41) is -0.139. The minimum Gasteiger partial charge on any atom is -0.288 e. The van der Waals surface area contributed by atoms with Gasteiger partial charge in [0.05, 0.1) is 0 Å². The second-order valence-corrected chi connectivity index (χ2v) is 1.15. The first-order valence-corrected chi connectivity index (χ1v) is 1.87. The standard InChI is InChI=1S/C2H4OS.C2H4/c1-2(3)4;1-2/h1H3,(H,3,4);1-2H2. The Kier molecular flexibility index (Phi) is 13.6. The van der Waals surface area contributed by atoms with Crippen LogP contribution in [0.4, 0.5) is 0 Å². The quantitative estimate of drug-likeness (QED) is 0.361. The maximum absolute atomic E-state index is 9.31. The van der Waals surface area contributed by atoms with Crippen LogP contribution in [0.1, 0.15) is 6.92 Å². The minimum absolute atomic E-state index is 0.139. The van der Waals surface area contributed by atoms with E-state index in [0.717, 1.165) is 0 Å². The van der Waals surface area contributed by atoms with E-state index in [1.54, 1.807) is 0 Å². The lowest BCUT2D eigenvalue weighted by Crippen LogP contribution is -1.62. The number of hydrogen-bond donors (Lipinski definition) is 1. The lowest BCUT2D eigenvalue weighted by atomic mass is 10.9. The van der Waals surface area contributed by atoms with E-state index in [2.05, 4.69) is 25.8 Å². The van der Waals surface area contributed by atoms with Crippen molar-refractivity contribution < 1.29 is 4.79 Å². The molecule has 0 aliphatic carbocycles. The molecule has 0 aromatic carbocycles. The molecular weight excluding hydrogens is 96.1 g/mol. The maximum atomic E-state index is 9.31. The van der Waals surface area contributed by atoms with Gasteiger partial charge in [0.15, 0.2) is 5.12 Å². The van der Waals surface area contributed by atoms with Gasteiger partial charge in [-0.2, -0.15) is 0 Å². The first-order chi connectivity index (χ1) is 2.73. The van der Waals surface area contributed by atoms with Gasteiger partial charge in [-0.25, -0.2) is 0 Å². The third kappa shape index (κ3) is 497. The van der Waals surface area contributed by atoms with Gasteiger partial charge in [0.2, 0.25) is 0 Å². The monoisotopic (exact) mass is 104 g/mol. The zero-order valence-electron chi connectivity index (χ0n) is 3.77. The summed E-state index contributed by atoms with van der Waals surface area (Å²) in [6.45, 7) is 7.39. The number of hydrogen-bond acceptors (Lipinski definition) is 1. The summed E-state index contributed by atoms with van der Waals surface area (Å²) < 4.78 is 0. The third-order valence-corrected chi connectivity index (χ3v) is 0. The Labute approximate surface area is 43.5 Å². The second-order valence-electron chi connectivity index (χ2n) is 0.519. The van der Waals surface area contributed by atoms with Gasteiger partial charge in [0, 0.05) is 6.92 Å². The van der Waals surface area contributed by atoms with E-state index < -0.39 is 0 Å². The highest BCUT2D eigenvalue weighted by Crippen LogP contribution is 1.66. The van der Waals surface area contributed by atoms with E-state index in [9.17, 15) is 4.79 Å². The molecule has 0 unspecified atom stereocenters. The highest BCUT2D eigenvalue weighted by atomic mass is 32.1. The molecule has 0 aromatic heterocycles. The van der Waals surface area contributed by atoms with Gasteiger partial charge in [0.1, 0.15) is 0 Å². The van der Waals surface area contributed by atoms with E-state index in [1.807, 2.05) is 0 Å². The first kappa shape index (κ1) is 9.23. The van der Waals surface area contributed by atoms with Crippen molar-refractivity contribution in [2.75, 3.05) is 0 Å². The Morgan fingerprint density at radius 1 is 1.67 bits per heavy atom. The summed E-state index contributed by atoms with van der Waals surface area (Å²) in [5.41, 5.74) is 0. The number of carbonyl (C=O) groups excluding carboxylic acids is 1. The number of rotatable bonds is 0. The average Bonchev–Trinajstić information content (AvgIpc) is 1.41. The van der Waals surface area contributed by atoms with Gasteiger partial charge < -0.3 is 0 Å². The van der Waals surface area contributed by atoms with Crippen LogP contribution in [-0.4, -0.2) is 5.12 Å². The molecule has 36 valence electrons. The Balaban J connectivity index is 0. The van der Waals surface area contributed by atoms with Crippen LogP contribution in [0, 0.1) is 0 Å². The number of thiol groups is 1. The lowest BCUT2D eigenvalue weighted by molar-refractivity contribution is -0.108. The first-order valence-electron chi connectivity index (χ1n) is 1.43. The lowest BCUT2D eigenvalue weighted by Gasteiger charge is -1.55. The van der Waals surface area contributed by atoms with E-state index in [4.69, 9.17) is 0 Å². The topological polar surface area (TPSA) is 17.1 Å². The fourth-order valence-corrected chi connectivity index (χ4v) is 0. The van der Waals surface area contributed by atoms with Crippen LogP contribution < -0.4 is 0 Å². The molecule has 0 aromatic rings. The molecule has 0 atom stereocenters. The van der Waals surface area contributed by atoms with Crippen molar-refractivity contribution in [3.63, 3.8) is 0 Å². The summed E-state index contributed by atoms with van der Waals surface area (Å²) in [6.07, 6.45) is 0. The van der Waals surface area contributed by atoms with Gasteiger partial charge in [-0.1, -0.05) is 0 Å². The van der Waals surface area contributed by atoms with Gasteiger partial charge >= 0.3 is 0 Å². The van der Waals surface area contributed by atoms with Gasteiger partial charge in [-0.05, 0) is 0 Å². The average molecular weight is 104 g/mol. The predicted octanol–water partition coefficient (Wildman–Crippen LogP) is 1.26. The van der Waals surface area contributed by atoms with Crippen molar-refractivity contribution in [1.82, 2.24) is 0 Å². The Morgan fingerprint density at radius 3 is 1.67 bits per heavy atom. The van der Waals surface area contributed by atoms with Crippen LogP contribution in [0.15, 0.2) is 13.2 Å².